The molecule has 0 fully saturated rings. The minimum Gasteiger partial charge on any atom is -0.484 e. The average molecular weight is 416 g/mol. The minimum absolute atomic E-state index is 0.0270. The van der Waals surface area contributed by atoms with E-state index in [-0.39, 0.29) is 11.6 Å². The Bertz CT molecular complexity index is 973. The Labute approximate surface area is 173 Å². The van der Waals surface area contributed by atoms with E-state index in [0.29, 0.717) is 0 Å². The van der Waals surface area contributed by atoms with Crippen LogP contribution in [-0.4, -0.2) is 27.7 Å². The van der Waals surface area contributed by atoms with Crippen LogP contribution in [0.4, 0.5) is 0 Å². The molecule has 2 aromatic carbocycles. The van der Waals surface area contributed by atoms with E-state index < -0.39 is 11.9 Å². The summed E-state index contributed by atoms with van der Waals surface area (Å²) < 4.78 is 6.46. The lowest BCUT2D eigenvalue weighted by molar-refractivity contribution is -0.159. The van der Waals surface area contributed by atoms with Crippen molar-refractivity contribution in [3.8, 4) is 5.75 Å². The number of carboxylic acids is 2. The van der Waals surface area contributed by atoms with E-state index in [1.807, 2.05) is 18.2 Å². The molecule has 1 unspecified atom stereocenters. The fourth-order valence-corrected chi connectivity index (χ4v) is 3.79. The summed E-state index contributed by atoms with van der Waals surface area (Å²) in [7, 11) is 0. The summed E-state index contributed by atoms with van der Waals surface area (Å²) >= 11 is 1.74. The van der Waals surface area contributed by atoms with E-state index in [4.69, 9.17) is 30.3 Å². The fraction of sp³-hybridized carbons (Fsp3) is 0.273. The first kappa shape index (κ1) is 22.4. The van der Waals surface area contributed by atoms with E-state index in [9.17, 15) is 0 Å². The van der Waals surface area contributed by atoms with Crippen LogP contribution in [0.2, 0.25) is 0 Å². The molecule has 1 atom stereocenters. The number of aliphatic carboxylic acids is 2. The van der Waals surface area contributed by atoms with Crippen molar-refractivity contribution >= 4 is 34.0 Å². The third-order valence-corrected chi connectivity index (χ3v) is 5.22. The van der Waals surface area contributed by atoms with Gasteiger partial charge < -0.3 is 20.7 Å². The van der Waals surface area contributed by atoms with Gasteiger partial charge in [0, 0.05) is 22.2 Å². The maximum atomic E-state index is 9.10. The van der Waals surface area contributed by atoms with Gasteiger partial charge in [0.15, 0.2) is 0 Å². The van der Waals surface area contributed by atoms with Crippen molar-refractivity contribution in [2.24, 2.45) is 5.73 Å². The Balaban J connectivity index is 0.000000438. The molecule has 0 aliphatic rings. The number of hydrogen-bond donors (Lipinski definition) is 3. The maximum Gasteiger partial charge on any atom is 0.414 e. The Morgan fingerprint density at radius 2 is 1.69 bits per heavy atom. The molecule has 29 heavy (non-hydrogen) atoms. The minimum atomic E-state index is -1.82. The smallest absolute Gasteiger partial charge is 0.414 e. The molecule has 0 saturated heterocycles. The number of nitrogens with two attached hydrogens (primary N) is 1. The van der Waals surface area contributed by atoms with Crippen LogP contribution in [0.3, 0.4) is 0 Å². The molecule has 0 spiro atoms. The van der Waals surface area contributed by atoms with Crippen LogP contribution in [0.15, 0.2) is 53.9 Å². The molecule has 4 N–H and O–H groups in total. The van der Waals surface area contributed by atoms with Crippen LogP contribution in [0.25, 0.3) is 10.8 Å². The zero-order chi connectivity index (χ0) is 21.6. The van der Waals surface area contributed by atoms with Crippen LogP contribution < -0.4 is 10.5 Å². The molecule has 7 heteroatoms. The van der Waals surface area contributed by atoms with Gasteiger partial charge in [0.1, 0.15) is 11.9 Å². The predicted octanol–water partition coefficient (Wildman–Crippen LogP) is 4.61. The van der Waals surface area contributed by atoms with Crippen molar-refractivity contribution in [1.29, 1.82) is 0 Å². The molecule has 154 valence electrons. The second-order valence-corrected chi connectivity index (χ2v) is 8.30. The highest BCUT2D eigenvalue weighted by atomic mass is 32.1. The summed E-state index contributed by atoms with van der Waals surface area (Å²) in [6.07, 6.45) is 0.748. The first-order chi connectivity index (χ1) is 13.6. The Hall–Kier alpha value is -2.90. The van der Waals surface area contributed by atoms with Crippen LogP contribution >= 0.6 is 11.3 Å². The Morgan fingerprint density at radius 3 is 2.24 bits per heavy atom. The van der Waals surface area contributed by atoms with Gasteiger partial charge in [-0.05, 0) is 49.2 Å². The van der Waals surface area contributed by atoms with E-state index in [1.54, 1.807) is 11.3 Å². The van der Waals surface area contributed by atoms with Crippen molar-refractivity contribution < 1.29 is 24.5 Å². The van der Waals surface area contributed by atoms with E-state index in [1.165, 1.54) is 15.8 Å². The number of rotatable bonds is 5. The third kappa shape index (κ3) is 6.58. The first-order valence-corrected chi connectivity index (χ1v) is 9.90. The van der Waals surface area contributed by atoms with Gasteiger partial charge in [-0.25, -0.2) is 9.59 Å². The maximum absolute atomic E-state index is 9.10. The quantitative estimate of drug-likeness (QED) is 0.525. The Kier molecular flexibility index (Phi) is 7.36. The SMILES string of the molecule is Cc1ccsc1C(CC(C)(C)N)Oc1cccc2ccccc12.O=C(O)C(=O)O. The van der Waals surface area contributed by atoms with Gasteiger partial charge in [0.05, 0.1) is 0 Å². The van der Waals surface area contributed by atoms with Crippen LogP contribution in [0.1, 0.15) is 36.8 Å². The lowest BCUT2D eigenvalue weighted by Gasteiger charge is -2.27. The highest BCUT2D eigenvalue weighted by Gasteiger charge is 2.25. The van der Waals surface area contributed by atoms with Crippen molar-refractivity contribution in [3.63, 3.8) is 0 Å². The van der Waals surface area contributed by atoms with Crippen LogP contribution in [0.5, 0.6) is 5.75 Å². The van der Waals surface area contributed by atoms with Gasteiger partial charge in [-0.3, -0.25) is 0 Å². The van der Waals surface area contributed by atoms with Gasteiger partial charge in [-0.1, -0.05) is 36.4 Å². The topological polar surface area (TPSA) is 110 Å². The zero-order valence-electron chi connectivity index (χ0n) is 16.6. The number of carboxylic acid groups (broad SMARTS) is 2. The molecule has 0 saturated carbocycles. The molecule has 1 heterocycles. The summed E-state index contributed by atoms with van der Waals surface area (Å²) in [5, 5.41) is 19.2. The molecule has 3 aromatic rings. The molecule has 3 rings (SSSR count). The van der Waals surface area contributed by atoms with Gasteiger partial charge in [0.2, 0.25) is 0 Å². The Morgan fingerprint density at radius 1 is 1.07 bits per heavy atom. The molecule has 0 amide bonds. The van der Waals surface area contributed by atoms with Crippen molar-refractivity contribution in [3.05, 3.63) is 64.4 Å². The fourth-order valence-electron chi connectivity index (χ4n) is 2.83. The lowest BCUT2D eigenvalue weighted by atomic mass is 9.96. The number of aryl methyl sites for hydroxylation is 1. The highest BCUT2D eigenvalue weighted by molar-refractivity contribution is 7.10. The van der Waals surface area contributed by atoms with Crippen LogP contribution in [0, 0.1) is 6.92 Å². The second-order valence-electron chi connectivity index (χ2n) is 7.35. The summed E-state index contributed by atoms with van der Waals surface area (Å²) in [6.45, 7) is 6.24. The zero-order valence-corrected chi connectivity index (χ0v) is 17.4. The van der Waals surface area contributed by atoms with Crippen LogP contribution in [-0.2, 0) is 9.59 Å². The normalized spacial score (nSPS) is 12.0. The number of thiophene rings is 1. The summed E-state index contributed by atoms with van der Waals surface area (Å²) in [4.78, 5) is 19.5. The van der Waals surface area contributed by atoms with Crippen molar-refractivity contribution in [2.45, 2.75) is 38.8 Å². The second kappa shape index (κ2) is 9.54. The van der Waals surface area contributed by atoms with Gasteiger partial charge in [-0.15, -0.1) is 11.3 Å². The molecule has 0 bridgehead atoms. The van der Waals surface area contributed by atoms with Gasteiger partial charge >= 0.3 is 11.9 Å². The number of ether oxygens (including phenoxy) is 1. The molecular formula is C22H25NO5S. The summed E-state index contributed by atoms with van der Waals surface area (Å²) in [6, 6.07) is 16.7. The molecule has 6 nitrogen and oxygen atoms in total. The highest BCUT2D eigenvalue weighted by Crippen LogP contribution is 2.36. The summed E-state index contributed by atoms with van der Waals surface area (Å²) in [5.41, 5.74) is 7.27. The monoisotopic (exact) mass is 415 g/mol. The van der Waals surface area contributed by atoms with Crippen molar-refractivity contribution in [1.82, 2.24) is 0 Å². The van der Waals surface area contributed by atoms with Gasteiger partial charge in [0.25, 0.3) is 0 Å². The molecule has 0 aliphatic carbocycles. The largest absolute Gasteiger partial charge is 0.484 e. The average Bonchev–Trinajstić information content (AvgIpc) is 3.07. The van der Waals surface area contributed by atoms with E-state index in [2.05, 4.69) is 56.5 Å². The summed E-state index contributed by atoms with van der Waals surface area (Å²) in [5.74, 6) is -2.73. The number of benzene rings is 2. The standard InChI is InChI=1S/C20H23NOS.C2H2O4/c1-14-11-12-23-19(14)18(13-20(2,3)21)22-17-10-6-8-15-7-4-5-9-16(15)17;3-1(4)2(5)6/h4-12,18H,13,21H2,1-3H3;(H,3,4)(H,5,6). The molecule has 0 radical (unpaired) electrons. The number of carbonyl (C=O) groups is 2. The van der Waals surface area contributed by atoms with Gasteiger partial charge in [-0.2, -0.15) is 0 Å². The van der Waals surface area contributed by atoms with Crippen molar-refractivity contribution in [2.75, 3.05) is 0 Å². The number of fused-ring (bicyclic) bond motifs is 1. The van der Waals surface area contributed by atoms with E-state index >= 15 is 0 Å². The third-order valence-electron chi connectivity index (χ3n) is 4.11. The molecular weight excluding hydrogens is 390 g/mol. The lowest BCUT2D eigenvalue weighted by Crippen LogP contribution is -2.35. The number of hydrogen-bond acceptors (Lipinski definition) is 5. The van der Waals surface area contributed by atoms with E-state index in [0.717, 1.165) is 17.6 Å². The first-order valence-electron chi connectivity index (χ1n) is 9.02. The molecule has 0 aliphatic heterocycles. The molecule has 1 aromatic heterocycles. The predicted molar refractivity (Wildman–Crippen MR) is 115 cm³/mol.